The van der Waals surface area contributed by atoms with Crippen LogP contribution >= 0.6 is 15.9 Å². The second-order valence-electron chi connectivity index (χ2n) is 3.72. The summed E-state index contributed by atoms with van der Waals surface area (Å²) < 4.78 is 5.74. The Bertz CT molecular complexity index is 465. The van der Waals surface area contributed by atoms with E-state index in [2.05, 4.69) is 26.6 Å². The quantitative estimate of drug-likeness (QED) is 0.699. The van der Waals surface area contributed by atoms with Crippen LogP contribution in [0.5, 0.6) is 5.75 Å². The number of hydrogen-bond acceptors (Lipinski definition) is 3. The van der Waals surface area contributed by atoms with Crippen molar-refractivity contribution in [3.63, 3.8) is 0 Å². The molecule has 0 aliphatic heterocycles. The van der Waals surface area contributed by atoms with E-state index in [0.717, 1.165) is 0 Å². The topological polar surface area (TPSA) is 87.7 Å². The molecular formula is C12H15BrN2O4. The van der Waals surface area contributed by atoms with Gasteiger partial charge in [0.2, 0.25) is 0 Å². The molecule has 2 amide bonds. The van der Waals surface area contributed by atoms with Crippen LogP contribution in [0.15, 0.2) is 22.7 Å². The average molecular weight is 331 g/mol. The second kappa shape index (κ2) is 7.63. The summed E-state index contributed by atoms with van der Waals surface area (Å²) in [5.41, 5.74) is 0.608. The van der Waals surface area contributed by atoms with Crippen LogP contribution in [0, 0.1) is 0 Å². The molecule has 1 aromatic rings. The van der Waals surface area contributed by atoms with E-state index in [-0.39, 0.29) is 12.5 Å². The number of halogens is 1. The molecule has 0 radical (unpaired) electrons. The number of rotatable bonds is 6. The first-order valence-corrected chi connectivity index (χ1v) is 6.42. The zero-order valence-corrected chi connectivity index (χ0v) is 12.0. The van der Waals surface area contributed by atoms with Crippen molar-refractivity contribution in [1.82, 2.24) is 5.32 Å². The van der Waals surface area contributed by atoms with Gasteiger partial charge >= 0.3 is 12.0 Å². The van der Waals surface area contributed by atoms with Crippen molar-refractivity contribution in [3.05, 3.63) is 22.7 Å². The van der Waals surface area contributed by atoms with E-state index in [1.165, 1.54) is 0 Å². The minimum Gasteiger partial charge on any atom is -0.497 e. The highest BCUT2D eigenvalue weighted by Gasteiger charge is 2.06. The SMILES string of the molecule is COc1ccc(NC(=O)NCCCC(=O)O)c(Br)c1. The Morgan fingerprint density at radius 1 is 1.42 bits per heavy atom. The lowest BCUT2D eigenvalue weighted by atomic mass is 10.3. The van der Waals surface area contributed by atoms with E-state index < -0.39 is 5.97 Å². The number of carboxylic acid groups (broad SMARTS) is 1. The Hall–Kier alpha value is -1.76. The minimum absolute atomic E-state index is 0.0342. The van der Waals surface area contributed by atoms with Crippen LogP contribution in [0.3, 0.4) is 0 Å². The first-order valence-electron chi connectivity index (χ1n) is 5.63. The Labute approximate surface area is 119 Å². The fourth-order valence-corrected chi connectivity index (χ4v) is 1.79. The summed E-state index contributed by atoms with van der Waals surface area (Å²) in [5.74, 6) is -0.195. The fourth-order valence-electron chi connectivity index (χ4n) is 1.33. The van der Waals surface area contributed by atoms with Crippen molar-refractivity contribution in [1.29, 1.82) is 0 Å². The molecule has 0 unspecified atom stereocenters. The number of nitrogens with one attached hydrogen (secondary N) is 2. The molecule has 0 heterocycles. The highest BCUT2D eigenvalue weighted by Crippen LogP contribution is 2.26. The fraction of sp³-hybridized carbons (Fsp3) is 0.333. The molecule has 0 spiro atoms. The summed E-state index contributed by atoms with van der Waals surface area (Å²) in [5, 5.41) is 13.7. The highest BCUT2D eigenvalue weighted by molar-refractivity contribution is 9.10. The molecule has 104 valence electrons. The summed E-state index contributed by atoms with van der Waals surface area (Å²) in [6, 6.07) is 4.79. The molecule has 0 aromatic heterocycles. The predicted molar refractivity (Wildman–Crippen MR) is 74.6 cm³/mol. The second-order valence-corrected chi connectivity index (χ2v) is 4.58. The number of urea groups is 1. The lowest BCUT2D eigenvalue weighted by molar-refractivity contribution is -0.137. The van der Waals surface area contributed by atoms with Gasteiger partial charge in [0.25, 0.3) is 0 Å². The van der Waals surface area contributed by atoms with E-state index >= 15 is 0 Å². The first kappa shape index (κ1) is 15.3. The van der Waals surface area contributed by atoms with Crippen LogP contribution in [-0.4, -0.2) is 30.8 Å². The van der Waals surface area contributed by atoms with Crippen molar-refractivity contribution in [2.75, 3.05) is 19.0 Å². The van der Waals surface area contributed by atoms with Gasteiger partial charge in [-0.15, -0.1) is 0 Å². The third-order valence-corrected chi connectivity index (χ3v) is 2.93. The Morgan fingerprint density at radius 3 is 2.74 bits per heavy atom. The Morgan fingerprint density at radius 2 is 2.16 bits per heavy atom. The van der Waals surface area contributed by atoms with Crippen molar-refractivity contribution < 1.29 is 19.4 Å². The standard InChI is InChI=1S/C12H15BrN2O4/c1-19-8-4-5-10(9(13)7-8)15-12(18)14-6-2-3-11(16)17/h4-5,7H,2-3,6H2,1H3,(H,16,17)(H2,14,15,18). The lowest BCUT2D eigenvalue weighted by Crippen LogP contribution is -2.29. The zero-order chi connectivity index (χ0) is 14.3. The van der Waals surface area contributed by atoms with Gasteiger partial charge in [0, 0.05) is 17.4 Å². The Balaban J connectivity index is 2.42. The molecule has 0 saturated carbocycles. The molecule has 0 atom stereocenters. The summed E-state index contributed by atoms with van der Waals surface area (Å²) >= 11 is 3.32. The van der Waals surface area contributed by atoms with Crippen LogP contribution in [0.1, 0.15) is 12.8 Å². The number of methoxy groups -OCH3 is 1. The molecule has 6 nitrogen and oxygen atoms in total. The van der Waals surface area contributed by atoms with Crippen LogP contribution in [0.2, 0.25) is 0 Å². The summed E-state index contributed by atoms with van der Waals surface area (Å²) in [6.45, 7) is 0.311. The predicted octanol–water partition coefficient (Wildman–Crippen LogP) is 2.44. The third kappa shape index (κ3) is 5.60. The van der Waals surface area contributed by atoms with Gasteiger partial charge in [-0.1, -0.05) is 0 Å². The zero-order valence-electron chi connectivity index (χ0n) is 10.4. The maximum absolute atomic E-state index is 11.5. The van der Waals surface area contributed by atoms with Crippen LogP contribution in [-0.2, 0) is 4.79 Å². The molecule has 3 N–H and O–H groups in total. The molecule has 1 rings (SSSR count). The van der Waals surface area contributed by atoms with Crippen molar-refractivity contribution in [3.8, 4) is 5.75 Å². The molecule has 0 aliphatic carbocycles. The lowest BCUT2D eigenvalue weighted by Gasteiger charge is -2.09. The van der Waals surface area contributed by atoms with Gasteiger partial charge in [-0.05, 0) is 40.5 Å². The molecule has 0 saturated heterocycles. The first-order chi connectivity index (χ1) is 9.02. The molecule has 0 fully saturated rings. The van der Waals surface area contributed by atoms with E-state index in [0.29, 0.717) is 28.9 Å². The smallest absolute Gasteiger partial charge is 0.319 e. The van der Waals surface area contributed by atoms with Gasteiger partial charge in [-0.25, -0.2) is 4.79 Å². The number of benzene rings is 1. The average Bonchev–Trinajstić information content (AvgIpc) is 2.37. The number of carbonyl (C=O) groups is 2. The summed E-state index contributed by atoms with van der Waals surface area (Å²) in [7, 11) is 1.56. The number of ether oxygens (including phenoxy) is 1. The summed E-state index contributed by atoms with van der Waals surface area (Å²) in [4.78, 5) is 21.8. The molecule has 0 aliphatic rings. The van der Waals surface area contributed by atoms with Gasteiger partial charge < -0.3 is 20.5 Å². The number of amides is 2. The van der Waals surface area contributed by atoms with Crippen LogP contribution in [0.4, 0.5) is 10.5 Å². The molecule has 7 heteroatoms. The van der Waals surface area contributed by atoms with Gasteiger partial charge in [-0.3, -0.25) is 4.79 Å². The largest absolute Gasteiger partial charge is 0.497 e. The van der Waals surface area contributed by atoms with Gasteiger partial charge in [0.05, 0.1) is 12.8 Å². The van der Waals surface area contributed by atoms with E-state index in [4.69, 9.17) is 9.84 Å². The molecule has 1 aromatic carbocycles. The van der Waals surface area contributed by atoms with E-state index in [9.17, 15) is 9.59 Å². The maximum Gasteiger partial charge on any atom is 0.319 e. The van der Waals surface area contributed by atoms with Crippen LogP contribution < -0.4 is 15.4 Å². The Kier molecular flexibility index (Phi) is 6.14. The van der Waals surface area contributed by atoms with Crippen LogP contribution in [0.25, 0.3) is 0 Å². The van der Waals surface area contributed by atoms with Crippen molar-refractivity contribution in [2.24, 2.45) is 0 Å². The monoisotopic (exact) mass is 330 g/mol. The van der Waals surface area contributed by atoms with Gasteiger partial charge in [-0.2, -0.15) is 0 Å². The van der Waals surface area contributed by atoms with Gasteiger partial charge in [0.15, 0.2) is 0 Å². The van der Waals surface area contributed by atoms with E-state index in [1.807, 2.05) is 0 Å². The van der Waals surface area contributed by atoms with Crippen molar-refractivity contribution in [2.45, 2.75) is 12.8 Å². The number of anilines is 1. The normalized spacial score (nSPS) is 9.79. The number of hydrogen-bond donors (Lipinski definition) is 3. The molecular weight excluding hydrogens is 316 g/mol. The summed E-state index contributed by atoms with van der Waals surface area (Å²) in [6.07, 6.45) is 0.430. The minimum atomic E-state index is -0.875. The number of carbonyl (C=O) groups excluding carboxylic acids is 1. The molecule has 19 heavy (non-hydrogen) atoms. The van der Waals surface area contributed by atoms with E-state index in [1.54, 1.807) is 25.3 Å². The molecule has 0 bridgehead atoms. The number of aliphatic carboxylic acids is 1. The highest BCUT2D eigenvalue weighted by atomic mass is 79.9. The van der Waals surface area contributed by atoms with Gasteiger partial charge in [0.1, 0.15) is 5.75 Å². The third-order valence-electron chi connectivity index (χ3n) is 2.28. The maximum atomic E-state index is 11.5. The van der Waals surface area contributed by atoms with Crippen molar-refractivity contribution >= 4 is 33.6 Å². The number of carboxylic acids is 1.